The first-order valence-corrected chi connectivity index (χ1v) is 14.9. The maximum atomic E-state index is 13.2. The van der Waals surface area contributed by atoms with Crippen LogP contribution >= 0.6 is 11.6 Å². The molecule has 11 heteroatoms. The van der Waals surface area contributed by atoms with E-state index in [0.717, 1.165) is 18.4 Å². The number of aryl methyl sites for hydroxylation is 1. The van der Waals surface area contributed by atoms with Crippen LogP contribution in [0.3, 0.4) is 0 Å². The van der Waals surface area contributed by atoms with Crippen molar-refractivity contribution < 1.29 is 21.6 Å². The predicted octanol–water partition coefficient (Wildman–Crippen LogP) is 3.22. The fourth-order valence-corrected chi connectivity index (χ4v) is 7.48. The summed E-state index contributed by atoms with van der Waals surface area (Å²) in [5.41, 5.74) is 1.07. The van der Waals surface area contributed by atoms with Gasteiger partial charge in [-0.25, -0.2) is 16.8 Å². The number of sulfonamides is 2. The van der Waals surface area contributed by atoms with Crippen molar-refractivity contribution in [3.63, 3.8) is 0 Å². The standard InChI is InChI=1S/C24H30ClN3O5S2/c1-18-3-5-20(6-4-18)34(30,31)28-15-13-26(14-16-28)24(29)22-17-21(7-8-23(22)25)35(32,33)27-11-9-19(2)10-12-27/h3-8,17,19H,9-16H2,1-2H3. The van der Waals surface area contributed by atoms with Crippen LogP contribution in [0.25, 0.3) is 0 Å². The van der Waals surface area contributed by atoms with E-state index in [9.17, 15) is 21.6 Å². The normalized spacial score (nSPS) is 19.1. The van der Waals surface area contributed by atoms with Crippen molar-refractivity contribution in [2.24, 2.45) is 5.92 Å². The average molecular weight is 540 g/mol. The number of piperazine rings is 1. The van der Waals surface area contributed by atoms with E-state index in [1.54, 1.807) is 24.3 Å². The molecule has 190 valence electrons. The summed E-state index contributed by atoms with van der Waals surface area (Å²) in [4.78, 5) is 15.0. The number of amides is 1. The minimum atomic E-state index is -3.73. The molecule has 2 fully saturated rings. The first kappa shape index (κ1) is 26.1. The highest BCUT2D eigenvalue weighted by molar-refractivity contribution is 7.89. The average Bonchev–Trinajstić information content (AvgIpc) is 2.84. The Balaban J connectivity index is 1.48. The van der Waals surface area contributed by atoms with E-state index in [1.807, 2.05) is 6.92 Å². The highest BCUT2D eigenvalue weighted by Gasteiger charge is 2.33. The zero-order chi connectivity index (χ0) is 25.4. The van der Waals surface area contributed by atoms with E-state index in [1.165, 1.54) is 31.7 Å². The Hall–Kier alpha value is -1.98. The molecule has 4 rings (SSSR count). The summed E-state index contributed by atoms with van der Waals surface area (Å²) in [6.07, 6.45) is 1.60. The molecule has 1 amide bonds. The van der Waals surface area contributed by atoms with Gasteiger partial charge >= 0.3 is 0 Å². The lowest BCUT2D eigenvalue weighted by atomic mass is 10.0. The van der Waals surface area contributed by atoms with Crippen LogP contribution in [0.2, 0.25) is 5.02 Å². The first-order chi connectivity index (χ1) is 16.5. The molecule has 0 spiro atoms. The quantitative estimate of drug-likeness (QED) is 0.581. The molecule has 2 saturated heterocycles. The number of halogens is 1. The third-order valence-corrected chi connectivity index (χ3v) is 10.9. The highest BCUT2D eigenvalue weighted by Crippen LogP contribution is 2.28. The third-order valence-electron chi connectivity index (χ3n) is 6.73. The Morgan fingerprint density at radius 2 is 1.31 bits per heavy atom. The van der Waals surface area contributed by atoms with Gasteiger partial charge in [-0.1, -0.05) is 36.2 Å². The molecule has 2 aliphatic heterocycles. The summed E-state index contributed by atoms with van der Waals surface area (Å²) in [6.45, 7) is 5.54. The van der Waals surface area contributed by atoms with Crippen LogP contribution < -0.4 is 0 Å². The van der Waals surface area contributed by atoms with E-state index in [0.29, 0.717) is 19.0 Å². The molecule has 35 heavy (non-hydrogen) atoms. The number of hydrogen-bond acceptors (Lipinski definition) is 5. The van der Waals surface area contributed by atoms with Gasteiger partial charge in [0.15, 0.2) is 0 Å². The number of hydrogen-bond donors (Lipinski definition) is 0. The number of nitrogens with zero attached hydrogens (tertiary/aromatic N) is 3. The van der Waals surface area contributed by atoms with Crippen LogP contribution in [0, 0.1) is 12.8 Å². The Labute approximate surface area is 212 Å². The van der Waals surface area contributed by atoms with Crippen molar-refractivity contribution in [3.05, 3.63) is 58.6 Å². The van der Waals surface area contributed by atoms with E-state index in [2.05, 4.69) is 6.92 Å². The molecule has 8 nitrogen and oxygen atoms in total. The van der Waals surface area contributed by atoms with E-state index in [-0.39, 0.29) is 46.6 Å². The van der Waals surface area contributed by atoms with E-state index < -0.39 is 26.0 Å². The van der Waals surface area contributed by atoms with Gasteiger partial charge in [0.25, 0.3) is 5.91 Å². The van der Waals surface area contributed by atoms with Crippen LogP contribution in [-0.2, 0) is 20.0 Å². The Bertz CT molecular complexity index is 1300. The molecular weight excluding hydrogens is 510 g/mol. The second-order valence-electron chi connectivity index (χ2n) is 9.24. The van der Waals surface area contributed by atoms with Gasteiger partial charge in [0, 0.05) is 39.3 Å². The molecule has 0 aliphatic carbocycles. The van der Waals surface area contributed by atoms with Gasteiger partial charge in [-0.15, -0.1) is 0 Å². The summed E-state index contributed by atoms with van der Waals surface area (Å²) < 4.78 is 55.0. The smallest absolute Gasteiger partial charge is 0.255 e. The number of piperidine rings is 1. The number of rotatable bonds is 5. The molecule has 0 radical (unpaired) electrons. The SMILES string of the molecule is Cc1ccc(S(=O)(=O)N2CCN(C(=O)c3cc(S(=O)(=O)N4CCC(C)CC4)ccc3Cl)CC2)cc1. The van der Waals surface area contributed by atoms with Gasteiger partial charge in [0.05, 0.1) is 20.4 Å². The minimum Gasteiger partial charge on any atom is -0.336 e. The van der Waals surface area contributed by atoms with Crippen molar-refractivity contribution in [1.29, 1.82) is 0 Å². The lowest BCUT2D eigenvalue weighted by Gasteiger charge is -2.34. The molecule has 0 unspecified atom stereocenters. The van der Waals surface area contributed by atoms with Crippen LogP contribution in [0.1, 0.15) is 35.7 Å². The first-order valence-electron chi connectivity index (χ1n) is 11.7. The van der Waals surface area contributed by atoms with Gasteiger partial charge in [-0.3, -0.25) is 4.79 Å². The fraction of sp³-hybridized carbons (Fsp3) is 0.458. The lowest BCUT2D eigenvalue weighted by Crippen LogP contribution is -2.50. The largest absolute Gasteiger partial charge is 0.336 e. The molecule has 0 N–H and O–H groups in total. The fourth-order valence-electron chi connectivity index (χ4n) is 4.36. The lowest BCUT2D eigenvalue weighted by molar-refractivity contribution is 0.0698. The van der Waals surface area contributed by atoms with E-state index in [4.69, 9.17) is 11.6 Å². The molecule has 2 aliphatic rings. The molecule has 0 saturated carbocycles. The van der Waals surface area contributed by atoms with Crippen LogP contribution in [0.15, 0.2) is 52.3 Å². The zero-order valence-electron chi connectivity index (χ0n) is 19.9. The summed E-state index contributed by atoms with van der Waals surface area (Å²) in [7, 11) is -7.39. The van der Waals surface area contributed by atoms with Crippen LogP contribution in [-0.4, -0.2) is 75.5 Å². The molecule has 2 aromatic rings. The summed E-state index contributed by atoms with van der Waals surface area (Å²) in [5.74, 6) is 0.0731. The maximum Gasteiger partial charge on any atom is 0.255 e. The second-order valence-corrected chi connectivity index (χ2v) is 13.5. The Morgan fingerprint density at radius 1 is 0.800 bits per heavy atom. The summed E-state index contributed by atoms with van der Waals surface area (Å²) in [6, 6.07) is 10.9. The predicted molar refractivity (Wildman–Crippen MR) is 134 cm³/mol. The maximum absolute atomic E-state index is 13.2. The van der Waals surface area contributed by atoms with Crippen molar-refractivity contribution in [3.8, 4) is 0 Å². The second kappa shape index (κ2) is 10.2. The number of benzene rings is 2. The van der Waals surface area contributed by atoms with Crippen molar-refractivity contribution in [2.75, 3.05) is 39.3 Å². The van der Waals surface area contributed by atoms with Crippen LogP contribution in [0.5, 0.6) is 0 Å². The van der Waals surface area contributed by atoms with Gasteiger partial charge in [0.2, 0.25) is 20.0 Å². The number of carbonyl (C=O) groups is 1. The molecule has 2 heterocycles. The van der Waals surface area contributed by atoms with Gasteiger partial charge in [0.1, 0.15) is 0 Å². The minimum absolute atomic E-state index is 0.0420. The van der Waals surface area contributed by atoms with E-state index >= 15 is 0 Å². The van der Waals surface area contributed by atoms with Gasteiger partial charge in [-0.2, -0.15) is 8.61 Å². The molecule has 0 bridgehead atoms. The molecule has 2 aromatic carbocycles. The molecule has 0 atom stereocenters. The summed E-state index contributed by atoms with van der Waals surface area (Å²) in [5, 5.41) is 0.163. The Morgan fingerprint density at radius 3 is 1.91 bits per heavy atom. The highest BCUT2D eigenvalue weighted by atomic mass is 35.5. The van der Waals surface area contributed by atoms with Gasteiger partial charge < -0.3 is 4.90 Å². The number of carbonyl (C=O) groups excluding carboxylic acids is 1. The van der Waals surface area contributed by atoms with Crippen LogP contribution in [0.4, 0.5) is 0 Å². The van der Waals surface area contributed by atoms with Crippen molar-refractivity contribution in [2.45, 2.75) is 36.5 Å². The summed E-state index contributed by atoms with van der Waals surface area (Å²) >= 11 is 6.30. The zero-order valence-corrected chi connectivity index (χ0v) is 22.2. The Kier molecular flexibility index (Phi) is 7.59. The van der Waals surface area contributed by atoms with Crippen molar-refractivity contribution in [1.82, 2.24) is 13.5 Å². The molecular formula is C24H30ClN3O5S2. The molecule has 0 aromatic heterocycles. The monoisotopic (exact) mass is 539 g/mol. The van der Waals surface area contributed by atoms with Gasteiger partial charge in [-0.05, 0) is 56.0 Å². The topological polar surface area (TPSA) is 95.1 Å². The third kappa shape index (κ3) is 5.41. The van der Waals surface area contributed by atoms with Crippen molar-refractivity contribution >= 4 is 37.6 Å².